The van der Waals surface area contributed by atoms with Crippen molar-refractivity contribution in [1.82, 2.24) is 14.9 Å². The Morgan fingerprint density at radius 2 is 1.74 bits per heavy atom. The molecule has 1 aliphatic heterocycles. The minimum absolute atomic E-state index is 0.0244. The van der Waals surface area contributed by atoms with Gasteiger partial charge in [0.2, 0.25) is 5.91 Å². The summed E-state index contributed by atoms with van der Waals surface area (Å²) in [6, 6.07) is 18.2. The molecule has 1 aliphatic carbocycles. The first-order chi connectivity index (χ1) is 18.5. The number of aromatic nitrogens is 2. The lowest BCUT2D eigenvalue weighted by Gasteiger charge is -2.33. The lowest BCUT2D eigenvalue weighted by Crippen LogP contribution is -2.44. The number of aromatic amines is 1. The number of likely N-dealkylation sites (tertiary alicyclic amines) is 1. The maximum atomic E-state index is 15.3. The van der Waals surface area contributed by atoms with Gasteiger partial charge in [0.15, 0.2) is 0 Å². The number of hydrogen-bond donors (Lipinski definition) is 4. The van der Waals surface area contributed by atoms with Crippen LogP contribution < -0.4 is 16.0 Å². The molecule has 1 saturated heterocycles. The van der Waals surface area contributed by atoms with Gasteiger partial charge in [-0.3, -0.25) is 4.79 Å². The Morgan fingerprint density at radius 1 is 0.947 bits per heavy atom. The molecule has 38 heavy (non-hydrogen) atoms. The Labute approximate surface area is 219 Å². The number of carbonyl (C=O) groups is 2. The summed E-state index contributed by atoms with van der Waals surface area (Å²) in [5.74, 6) is 0.143. The molecule has 0 unspecified atom stereocenters. The van der Waals surface area contributed by atoms with Crippen molar-refractivity contribution in [3.63, 3.8) is 0 Å². The highest BCUT2D eigenvalue weighted by Crippen LogP contribution is 2.34. The molecular weight excluding hydrogens is 483 g/mol. The fourth-order valence-electron chi connectivity index (χ4n) is 4.88. The summed E-state index contributed by atoms with van der Waals surface area (Å²) in [7, 11) is 0. The van der Waals surface area contributed by atoms with E-state index in [1.54, 1.807) is 23.2 Å². The summed E-state index contributed by atoms with van der Waals surface area (Å²) in [5.41, 5.74) is 3.34. The van der Waals surface area contributed by atoms with Crippen LogP contribution in [0.1, 0.15) is 25.7 Å². The van der Waals surface area contributed by atoms with Gasteiger partial charge in [0.25, 0.3) is 0 Å². The highest BCUT2D eigenvalue weighted by atomic mass is 19.1. The van der Waals surface area contributed by atoms with Crippen LogP contribution >= 0.6 is 0 Å². The Bertz CT molecular complexity index is 1480. The quantitative estimate of drug-likeness (QED) is 0.261. The van der Waals surface area contributed by atoms with Crippen LogP contribution in [0.15, 0.2) is 66.9 Å². The van der Waals surface area contributed by atoms with Gasteiger partial charge in [-0.2, -0.15) is 0 Å². The number of fused-ring (bicyclic) bond motifs is 1. The number of pyridine rings is 1. The number of anilines is 3. The monoisotopic (exact) mass is 512 g/mol. The summed E-state index contributed by atoms with van der Waals surface area (Å²) >= 11 is 0. The summed E-state index contributed by atoms with van der Waals surface area (Å²) in [6.07, 6.45) is 5.04. The van der Waals surface area contributed by atoms with Gasteiger partial charge in [-0.25, -0.2) is 14.2 Å². The Morgan fingerprint density at radius 3 is 2.47 bits per heavy atom. The zero-order valence-corrected chi connectivity index (χ0v) is 20.8. The largest absolute Gasteiger partial charge is 0.380 e. The maximum Gasteiger partial charge on any atom is 0.321 e. The topological polar surface area (TPSA) is 102 Å². The molecule has 0 spiro atoms. The average molecular weight is 513 g/mol. The van der Waals surface area contributed by atoms with E-state index in [9.17, 15) is 9.59 Å². The Balaban J connectivity index is 1.12. The number of para-hydroxylation sites is 1. The first kappa shape index (κ1) is 24.0. The van der Waals surface area contributed by atoms with Gasteiger partial charge >= 0.3 is 6.03 Å². The highest BCUT2D eigenvalue weighted by molar-refractivity contribution is 5.99. The van der Waals surface area contributed by atoms with Crippen LogP contribution in [-0.4, -0.2) is 45.9 Å². The molecule has 194 valence electrons. The number of halogens is 1. The van der Waals surface area contributed by atoms with E-state index in [4.69, 9.17) is 0 Å². The van der Waals surface area contributed by atoms with Crippen molar-refractivity contribution < 1.29 is 14.0 Å². The predicted octanol–water partition coefficient (Wildman–Crippen LogP) is 5.83. The third-order valence-electron chi connectivity index (χ3n) is 7.18. The number of H-pyrrole nitrogens is 1. The number of hydrogen-bond acceptors (Lipinski definition) is 4. The second kappa shape index (κ2) is 10.2. The van der Waals surface area contributed by atoms with Crippen LogP contribution in [0.3, 0.4) is 0 Å². The predicted molar refractivity (Wildman–Crippen MR) is 147 cm³/mol. The van der Waals surface area contributed by atoms with Gasteiger partial charge in [0.05, 0.1) is 5.69 Å². The van der Waals surface area contributed by atoms with Gasteiger partial charge in [0.1, 0.15) is 17.3 Å². The van der Waals surface area contributed by atoms with E-state index in [1.165, 1.54) is 6.07 Å². The molecule has 9 heteroatoms. The molecule has 2 aromatic carbocycles. The van der Waals surface area contributed by atoms with E-state index in [0.717, 1.165) is 42.3 Å². The van der Waals surface area contributed by atoms with E-state index in [1.807, 2.05) is 42.5 Å². The summed E-state index contributed by atoms with van der Waals surface area (Å²) in [4.78, 5) is 34.2. The second-order valence-corrected chi connectivity index (χ2v) is 9.95. The van der Waals surface area contributed by atoms with Crippen LogP contribution in [0.25, 0.3) is 22.2 Å². The molecule has 0 bridgehead atoms. The van der Waals surface area contributed by atoms with Gasteiger partial charge in [0, 0.05) is 42.3 Å². The Hall–Kier alpha value is -4.40. The normalized spacial score (nSPS) is 15.9. The van der Waals surface area contributed by atoms with Crippen molar-refractivity contribution in [3.05, 3.63) is 72.7 Å². The van der Waals surface area contributed by atoms with Crippen molar-refractivity contribution in [1.29, 1.82) is 0 Å². The number of urea groups is 1. The molecule has 3 heterocycles. The second-order valence-electron chi connectivity index (χ2n) is 9.95. The SMILES string of the molecule is O=C(Nc1cc(-c2ccc(NC3CCN(C(=O)Nc4ccccc4)CC3)c(F)c2)c2cc[nH]c2n1)C1CC1. The molecule has 2 aliphatic rings. The van der Waals surface area contributed by atoms with Crippen LogP contribution in [0.4, 0.5) is 26.4 Å². The van der Waals surface area contributed by atoms with Gasteiger partial charge in [-0.1, -0.05) is 24.3 Å². The van der Waals surface area contributed by atoms with E-state index in [-0.39, 0.29) is 29.7 Å². The molecule has 3 amide bonds. The molecule has 8 nitrogen and oxygen atoms in total. The third kappa shape index (κ3) is 5.18. The number of amides is 3. The van der Waals surface area contributed by atoms with E-state index >= 15 is 4.39 Å². The van der Waals surface area contributed by atoms with Gasteiger partial charge < -0.3 is 25.8 Å². The number of rotatable bonds is 6. The van der Waals surface area contributed by atoms with E-state index < -0.39 is 0 Å². The lowest BCUT2D eigenvalue weighted by molar-refractivity contribution is -0.117. The highest BCUT2D eigenvalue weighted by Gasteiger charge is 2.30. The third-order valence-corrected chi connectivity index (χ3v) is 7.18. The number of piperidine rings is 1. The molecule has 4 aromatic rings. The average Bonchev–Trinajstić information content (AvgIpc) is 3.68. The molecule has 4 N–H and O–H groups in total. The standard InChI is InChI=1S/C29H29FN6O2/c30-24-16-19(23-17-26(35-28(37)18-6-7-18)34-27-22(23)10-13-31-27)8-9-25(24)32-21-11-14-36(15-12-21)29(38)33-20-4-2-1-3-5-20/h1-5,8-10,13,16-18,21,32H,6-7,11-12,14-15H2,(H,33,38)(H2,31,34,35,37). The molecule has 6 rings (SSSR count). The molecule has 0 atom stereocenters. The van der Waals surface area contributed by atoms with Crippen molar-refractivity contribution in [2.45, 2.75) is 31.7 Å². The molecular formula is C29H29FN6O2. The number of nitrogens with zero attached hydrogens (tertiary/aromatic N) is 2. The van der Waals surface area contributed by atoms with E-state index in [0.29, 0.717) is 35.8 Å². The van der Waals surface area contributed by atoms with Crippen molar-refractivity contribution in [2.24, 2.45) is 5.92 Å². The minimum atomic E-state index is -0.351. The Kier molecular flexibility index (Phi) is 6.41. The molecule has 2 aromatic heterocycles. The first-order valence-electron chi connectivity index (χ1n) is 13.0. The number of nitrogens with one attached hydrogen (secondary N) is 4. The molecule has 2 fully saturated rings. The fraction of sp³-hybridized carbons (Fsp3) is 0.276. The zero-order valence-electron chi connectivity index (χ0n) is 20.8. The van der Waals surface area contributed by atoms with Crippen LogP contribution in [0, 0.1) is 11.7 Å². The van der Waals surface area contributed by atoms with Crippen molar-refractivity contribution in [3.8, 4) is 11.1 Å². The molecule has 0 radical (unpaired) electrons. The van der Waals surface area contributed by atoms with Crippen LogP contribution in [0.2, 0.25) is 0 Å². The van der Waals surface area contributed by atoms with Crippen LogP contribution in [-0.2, 0) is 4.79 Å². The maximum absolute atomic E-state index is 15.3. The fourth-order valence-corrected chi connectivity index (χ4v) is 4.88. The summed E-state index contributed by atoms with van der Waals surface area (Å²) < 4.78 is 15.3. The van der Waals surface area contributed by atoms with Gasteiger partial charge in [-0.05, 0) is 73.2 Å². The first-order valence-corrected chi connectivity index (χ1v) is 13.0. The van der Waals surface area contributed by atoms with Crippen molar-refractivity contribution in [2.75, 3.05) is 29.0 Å². The molecule has 1 saturated carbocycles. The van der Waals surface area contributed by atoms with Crippen molar-refractivity contribution >= 4 is 40.2 Å². The zero-order chi connectivity index (χ0) is 26.1. The minimum Gasteiger partial charge on any atom is -0.380 e. The number of benzene rings is 2. The lowest BCUT2D eigenvalue weighted by atomic mass is 10.0. The van der Waals surface area contributed by atoms with Gasteiger partial charge in [-0.15, -0.1) is 0 Å². The summed E-state index contributed by atoms with van der Waals surface area (Å²) in [5, 5.41) is 9.98. The van der Waals surface area contributed by atoms with Crippen LogP contribution in [0.5, 0.6) is 0 Å². The number of carbonyl (C=O) groups excluding carboxylic acids is 2. The summed E-state index contributed by atoms with van der Waals surface area (Å²) in [6.45, 7) is 1.18. The van der Waals surface area contributed by atoms with E-state index in [2.05, 4.69) is 25.9 Å². The smallest absolute Gasteiger partial charge is 0.321 e.